The monoisotopic (exact) mass is 259 g/mol. The van der Waals surface area contributed by atoms with Gasteiger partial charge in [0.2, 0.25) is 5.91 Å². The molecule has 0 aromatic rings. The number of aliphatic hydroxyl groups excluding tert-OH is 1. The molecule has 1 aliphatic heterocycles. The summed E-state index contributed by atoms with van der Waals surface area (Å²) in [6.07, 6.45) is 3.48. The molecule has 3 nitrogen and oxygen atoms in total. The first-order valence-electron chi connectivity index (χ1n) is 6.66. The summed E-state index contributed by atoms with van der Waals surface area (Å²) in [4.78, 5) is 11.7. The summed E-state index contributed by atoms with van der Waals surface area (Å²) in [5.74, 6) is 3.28. The molecule has 1 fully saturated rings. The first-order chi connectivity index (χ1) is 8.13. The molecule has 17 heavy (non-hydrogen) atoms. The third-order valence-corrected chi connectivity index (χ3v) is 4.67. The summed E-state index contributed by atoms with van der Waals surface area (Å²) >= 11 is 1.98. The van der Waals surface area contributed by atoms with Crippen LogP contribution in [0.3, 0.4) is 0 Å². The molecule has 0 aromatic heterocycles. The van der Waals surface area contributed by atoms with Gasteiger partial charge in [0.25, 0.3) is 0 Å². The molecule has 0 saturated carbocycles. The van der Waals surface area contributed by atoms with Crippen LogP contribution in [-0.2, 0) is 4.79 Å². The van der Waals surface area contributed by atoms with Gasteiger partial charge in [0.15, 0.2) is 0 Å². The van der Waals surface area contributed by atoms with Crippen molar-refractivity contribution >= 4 is 17.7 Å². The van der Waals surface area contributed by atoms with Gasteiger partial charge in [-0.05, 0) is 36.2 Å². The molecule has 2 unspecified atom stereocenters. The van der Waals surface area contributed by atoms with E-state index in [-0.39, 0.29) is 11.8 Å². The predicted octanol–water partition coefficient (Wildman–Crippen LogP) is 2.04. The van der Waals surface area contributed by atoms with Gasteiger partial charge in [0.05, 0.1) is 6.10 Å². The summed E-state index contributed by atoms with van der Waals surface area (Å²) in [6.45, 7) is 4.46. The zero-order chi connectivity index (χ0) is 12.7. The average molecular weight is 259 g/mol. The summed E-state index contributed by atoms with van der Waals surface area (Å²) in [6, 6.07) is 0. The molecule has 0 spiro atoms. The van der Waals surface area contributed by atoms with Crippen LogP contribution in [0.25, 0.3) is 0 Å². The van der Waals surface area contributed by atoms with Crippen molar-refractivity contribution in [1.82, 2.24) is 5.32 Å². The van der Waals surface area contributed by atoms with Crippen molar-refractivity contribution in [2.45, 2.75) is 45.6 Å². The smallest absolute Gasteiger partial charge is 0.220 e. The Hall–Kier alpha value is -0.220. The van der Waals surface area contributed by atoms with Crippen molar-refractivity contribution in [2.24, 2.45) is 11.8 Å². The van der Waals surface area contributed by atoms with Gasteiger partial charge in [-0.1, -0.05) is 20.3 Å². The first-order valence-corrected chi connectivity index (χ1v) is 7.81. The molecule has 1 saturated heterocycles. The van der Waals surface area contributed by atoms with Crippen LogP contribution >= 0.6 is 11.8 Å². The maximum atomic E-state index is 11.7. The molecule has 100 valence electrons. The van der Waals surface area contributed by atoms with Crippen LogP contribution in [0.5, 0.6) is 0 Å². The van der Waals surface area contributed by atoms with E-state index in [2.05, 4.69) is 12.2 Å². The quantitative estimate of drug-likeness (QED) is 0.767. The van der Waals surface area contributed by atoms with E-state index in [1.54, 1.807) is 0 Å². The highest BCUT2D eigenvalue weighted by molar-refractivity contribution is 7.99. The van der Waals surface area contributed by atoms with Crippen LogP contribution in [0.15, 0.2) is 0 Å². The third-order valence-electron chi connectivity index (χ3n) is 3.62. The van der Waals surface area contributed by atoms with Crippen LogP contribution in [0.1, 0.15) is 39.5 Å². The number of amides is 1. The number of thioether (sulfide) groups is 1. The van der Waals surface area contributed by atoms with E-state index in [1.165, 1.54) is 11.5 Å². The SMILES string of the molecule is CCC(C)C(O)CNC(=O)CC1CCSCC1. The van der Waals surface area contributed by atoms with Gasteiger partial charge in [0.1, 0.15) is 0 Å². The minimum atomic E-state index is -0.411. The van der Waals surface area contributed by atoms with E-state index in [0.717, 1.165) is 19.3 Å². The highest BCUT2D eigenvalue weighted by Crippen LogP contribution is 2.25. The Labute approximate surface area is 109 Å². The van der Waals surface area contributed by atoms with Crippen LogP contribution < -0.4 is 5.32 Å². The van der Waals surface area contributed by atoms with Crippen LogP contribution in [0, 0.1) is 11.8 Å². The fourth-order valence-corrected chi connectivity index (χ4v) is 3.18. The topological polar surface area (TPSA) is 49.3 Å². The molecule has 2 atom stereocenters. The fourth-order valence-electron chi connectivity index (χ4n) is 1.98. The number of aliphatic hydroxyl groups is 1. The van der Waals surface area contributed by atoms with Gasteiger partial charge in [-0.25, -0.2) is 0 Å². The molecule has 1 aliphatic rings. The molecule has 1 heterocycles. The van der Waals surface area contributed by atoms with E-state index in [4.69, 9.17) is 0 Å². The summed E-state index contributed by atoms with van der Waals surface area (Å²) < 4.78 is 0. The van der Waals surface area contributed by atoms with Crippen LogP contribution in [-0.4, -0.2) is 35.2 Å². The Morgan fingerprint density at radius 1 is 1.47 bits per heavy atom. The van der Waals surface area contributed by atoms with Crippen LogP contribution in [0.4, 0.5) is 0 Å². The normalized spacial score (nSPS) is 20.9. The van der Waals surface area contributed by atoms with Gasteiger partial charge in [-0.15, -0.1) is 0 Å². The minimum Gasteiger partial charge on any atom is -0.391 e. The van der Waals surface area contributed by atoms with Crippen molar-refractivity contribution in [3.05, 3.63) is 0 Å². The Morgan fingerprint density at radius 3 is 2.71 bits per heavy atom. The predicted molar refractivity (Wildman–Crippen MR) is 73.1 cm³/mol. The Balaban J connectivity index is 2.16. The van der Waals surface area contributed by atoms with E-state index in [1.807, 2.05) is 18.7 Å². The first kappa shape index (κ1) is 14.8. The van der Waals surface area contributed by atoms with E-state index < -0.39 is 6.10 Å². The molecule has 0 aromatic carbocycles. The van der Waals surface area contributed by atoms with E-state index in [9.17, 15) is 9.90 Å². The largest absolute Gasteiger partial charge is 0.391 e. The third kappa shape index (κ3) is 5.77. The molecular weight excluding hydrogens is 234 g/mol. The highest BCUT2D eigenvalue weighted by Gasteiger charge is 2.18. The molecule has 0 radical (unpaired) electrons. The number of rotatable bonds is 6. The second-order valence-corrected chi connectivity index (χ2v) is 6.24. The Kier molecular flexibility index (Phi) is 6.97. The minimum absolute atomic E-state index is 0.101. The van der Waals surface area contributed by atoms with E-state index in [0.29, 0.717) is 18.9 Å². The molecule has 1 amide bonds. The van der Waals surface area contributed by atoms with Crippen molar-refractivity contribution in [1.29, 1.82) is 0 Å². The Morgan fingerprint density at radius 2 is 2.12 bits per heavy atom. The summed E-state index contributed by atoms with van der Waals surface area (Å²) in [5.41, 5.74) is 0. The lowest BCUT2D eigenvalue weighted by atomic mass is 9.98. The molecule has 0 bridgehead atoms. The lowest BCUT2D eigenvalue weighted by molar-refractivity contribution is -0.122. The molecular formula is C13H25NO2S. The lowest BCUT2D eigenvalue weighted by Gasteiger charge is -2.22. The van der Waals surface area contributed by atoms with Gasteiger partial charge in [-0.2, -0.15) is 11.8 Å². The van der Waals surface area contributed by atoms with Gasteiger partial charge >= 0.3 is 0 Å². The number of nitrogens with one attached hydrogen (secondary N) is 1. The molecule has 0 aliphatic carbocycles. The zero-order valence-electron chi connectivity index (χ0n) is 10.9. The highest BCUT2D eigenvalue weighted by atomic mass is 32.2. The standard InChI is InChI=1S/C13H25NO2S/c1-3-10(2)12(15)9-14-13(16)8-11-4-6-17-7-5-11/h10-12,15H,3-9H2,1-2H3,(H,14,16). The average Bonchev–Trinajstić information content (AvgIpc) is 2.36. The van der Waals surface area contributed by atoms with Crippen molar-refractivity contribution in [2.75, 3.05) is 18.1 Å². The molecule has 4 heteroatoms. The van der Waals surface area contributed by atoms with Crippen molar-refractivity contribution < 1.29 is 9.90 Å². The van der Waals surface area contributed by atoms with Crippen LogP contribution in [0.2, 0.25) is 0 Å². The maximum absolute atomic E-state index is 11.7. The number of carbonyl (C=O) groups excluding carboxylic acids is 1. The lowest BCUT2D eigenvalue weighted by Crippen LogP contribution is -2.36. The maximum Gasteiger partial charge on any atom is 0.220 e. The van der Waals surface area contributed by atoms with Crippen molar-refractivity contribution in [3.63, 3.8) is 0 Å². The Bertz CT molecular complexity index is 229. The fraction of sp³-hybridized carbons (Fsp3) is 0.923. The number of hydrogen-bond donors (Lipinski definition) is 2. The summed E-state index contributed by atoms with van der Waals surface area (Å²) in [7, 11) is 0. The van der Waals surface area contributed by atoms with Crippen molar-refractivity contribution in [3.8, 4) is 0 Å². The van der Waals surface area contributed by atoms with E-state index >= 15 is 0 Å². The second kappa shape index (κ2) is 7.98. The second-order valence-electron chi connectivity index (χ2n) is 5.02. The van der Waals surface area contributed by atoms with Gasteiger partial charge < -0.3 is 10.4 Å². The zero-order valence-corrected chi connectivity index (χ0v) is 11.8. The number of carbonyl (C=O) groups is 1. The number of hydrogen-bond acceptors (Lipinski definition) is 3. The summed E-state index contributed by atoms with van der Waals surface area (Å²) in [5, 5.41) is 12.6. The molecule has 1 rings (SSSR count). The van der Waals surface area contributed by atoms with Gasteiger partial charge in [0, 0.05) is 13.0 Å². The molecule has 2 N–H and O–H groups in total. The van der Waals surface area contributed by atoms with Gasteiger partial charge in [-0.3, -0.25) is 4.79 Å².